The van der Waals surface area contributed by atoms with Crippen LogP contribution in [-0.4, -0.2) is 24.1 Å². The molecule has 2 aliphatic rings. The van der Waals surface area contributed by atoms with Crippen molar-refractivity contribution in [3.63, 3.8) is 0 Å². The molecule has 15 rings (SSSR count). The van der Waals surface area contributed by atoms with Gasteiger partial charge >= 0.3 is 0 Å². The highest BCUT2D eigenvalue weighted by atomic mass is 16.5. The maximum atomic E-state index is 7.44. The standard InChI is InChI=1S/C65H41N5O/c1-3-17-40(18-4-1)42-22-15-23-45(37-42)63-66-64(52-30-16-29-50-48-27-11-13-31-55(48)69(60(50)52)46-24-5-2-6-25-46)68-65(67-63)53-35-36-57(59-51-34-33-41-19-9-10-26-47(41)61(51)71-62(53)59)70-56-32-14-12-28-49(56)54-38-43-20-7-8-21-44(43)39-58(54)70/h1-39,51,61H. The van der Waals surface area contributed by atoms with E-state index in [0.29, 0.717) is 17.5 Å². The molecule has 332 valence electrons. The zero-order valence-corrected chi connectivity index (χ0v) is 38.3. The molecule has 2 atom stereocenters. The summed E-state index contributed by atoms with van der Waals surface area (Å²) in [6, 6.07) is 79.8. The maximum Gasteiger partial charge on any atom is 0.167 e. The predicted octanol–water partition coefficient (Wildman–Crippen LogP) is 16.1. The quantitative estimate of drug-likeness (QED) is 0.167. The summed E-state index contributed by atoms with van der Waals surface area (Å²) in [5, 5.41) is 7.11. The Hall–Kier alpha value is -9.39. The Morgan fingerprint density at radius 3 is 1.86 bits per heavy atom. The minimum atomic E-state index is -0.251. The number of hydrogen-bond donors (Lipinski definition) is 0. The first kappa shape index (κ1) is 39.6. The molecule has 0 radical (unpaired) electrons. The van der Waals surface area contributed by atoms with Crippen LogP contribution in [0.1, 0.15) is 28.7 Å². The van der Waals surface area contributed by atoms with E-state index in [0.717, 1.165) is 94.5 Å². The maximum absolute atomic E-state index is 7.44. The second-order valence-electron chi connectivity index (χ2n) is 18.6. The lowest BCUT2D eigenvalue weighted by Gasteiger charge is -2.23. The van der Waals surface area contributed by atoms with Gasteiger partial charge in [0, 0.05) is 55.4 Å². The number of ether oxygens (including phenoxy) is 1. The third-order valence-electron chi connectivity index (χ3n) is 14.7. The van der Waals surface area contributed by atoms with Gasteiger partial charge in [0.2, 0.25) is 0 Å². The van der Waals surface area contributed by atoms with Gasteiger partial charge in [-0.2, -0.15) is 0 Å². The molecule has 0 spiro atoms. The molecule has 3 aromatic heterocycles. The minimum Gasteiger partial charge on any atom is -0.484 e. The number of para-hydroxylation sites is 4. The van der Waals surface area contributed by atoms with Gasteiger partial charge in [0.1, 0.15) is 11.9 Å². The number of nitrogens with zero attached hydrogens (tertiary/aromatic N) is 5. The Balaban J connectivity index is 1.02. The van der Waals surface area contributed by atoms with Crippen molar-refractivity contribution in [2.45, 2.75) is 12.0 Å². The molecular formula is C65H41N5O. The Morgan fingerprint density at radius 1 is 0.408 bits per heavy atom. The topological polar surface area (TPSA) is 57.8 Å². The van der Waals surface area contributed by atoms with E-state index in [1.54, 1.807) is 0 Å². The Labute approximate surface area is 409 Å². The number of rotatable bonds is 6. The lowest BCUT2D eigenvalue weighted by atomic mass is 9.83. The van der Waals surface area contributed by atoms with Crippen molar-refractivity contribution in [2.75, 3.05) is 0 Å². The second kappa shape index (κ2) is 15.6. The van der Waals surface area contributed by atoms with Crippen LogP contribution in [0.3, 0.4) is 0 Å². The van der Waals surface area contributed by atoms with E-state index in [9.17, 15) is 0 Å². The van der Waals surface area contributed by atoms with E-state index < -0.39 is 0 Å². The van der Waals surface area contributed by atoms with Crippen LogP contribution in [0.5, 0.6) is 5.75 Å². The zero-order chi connectivity index (χ0) is 46.6. The van der Waals surface area contributed by atoms with E-state index >= 15 is 0 Å². The first-order valence-electron chi connectivity index (χ1n) is 24.3. The molecule has 0 bridgehead atoms. The van der Waals surface area contributed by atoms with Gasteiger partial charge in [-0.1, -0.05) is 176 Å². The van der Waals surface area contributed by atoms with Crippen molar-refractivity contribution in [2.24, 2.45) is 0 Å². The van der Waals surface area contributed by atoms with Gasteiger partial charge in [-0.05, 0) is 88.1 Å². The van der Waals surface area contributed by atoms with Crippen LogP contribution in [0.2, 0.25) is 0 Å². The zero-order valence-electron chi connectivity index (χ0n) is 38.3. The molecule has 0 saturated heterocycles. The van der Waals surface area contributed by atoms with Gasteiger partial charge in [-0.3, -0.25) is 0 Å². The highest BCUT2D eigenvalue weighted by Gasteiger charge is 2.41. The Kier molecular flexibility index (Phi) is 8.68. The lowest BCUT2D eigenvalue weighted by molar-refractivity contribution is 0.224. The smallest absolute Gasteiger partial charge is 0.167 e. The highest BCUT2D eigenvalue weighted by molar-refractivity contribution is 6.15. The average Bonchev–Trinajstić information content (AvgIpc) is 4.11. The summed E-state index contributed by atoms with van der Waals surface area (Å²) in [7, 11) is 0. The number of fused-ring (bicyclic) bond motifs is 12. The number of aromatic nitrogens is 5. The van der Waals surface area contributed by atoms with Gasteiger partial charge in [-0.15, -0.1) is 0 Å². The van der Waals surface area contributed by atoms with Gasteiger partial charge < -0.3 is 13.9 Å². The van der Waals surface area contributed by atoms with Crippen LogP contribution in [0, 0.1) is 0 Å². The average molecular weight is 908 g/mol. The summed E-state index contributed by atoms with van der Waals surface area (Å²) in [5.74, 6) is 2.40. The van der Waals surface area contributed by atoms with Gasteiger partial charge in [-0.25, -0.2) is 15.0 Å². The van der Waals surface area contributed by atoms with Crippen LogP contribution >= 0.6 is 0 Å². The van der Waals surface area contributed by atoms with E-state index in [4.69, 9.17) is 19.7 Å². The molecule has 0 fully saturated rings. The number of benzene rings is 10. The third-order valence-corrected chi connectivity index (χ3v) is 14.7. The molecule has 6 nitrogen and oxygen atoms in total. The fraction of sp³-hybridized carbons (Fsp3) is 0.0308. The summed E-state index contributed by atoms with van der Waals surface area (Å²) < 4.78 is 12.2. The summed E-state index contributed by atoms with van der Waals surface area (Å²) in [4.78, 5) is 16.5. The fourth-order valence-electron chi connectivity index (χ4n) is 11.5. The molecule has 71 heavy (non-hydrogen) atoms. The van der Waals surface area contributed by atoms with Gasteiger partial charge in [0.25, 0.3) is 0 Å². The largest absolute Gasteiger partial charge is 0.484 e. The molecule has 13 aromatic rings. The van der Waals surface area contributed by atoms with Crippen molar-refractivity contribution in [1.82, 2.24) is 24.1 Å². The van der Waals surface area contributed by atoms with Crippen molar-refractivity contribution in [1.29, 1.82) is 0 Å². The van der Waals surface area contributed by atoms with E-state index in [-0.39, 0.29) is 12.0 Å². The molecule has 6 heteroatoms. The van der Waals surface area contributed by atoms with E-state index in [2.05, 4.69) is 240 Å². The lowest BCUT2D eigenvalue weighted by Crippen LogP contribution is -2.13. The first-order chi connectivity index (χ1) is 35.2. The summed E-state index contributed by atoms with van der Waals surface area (Å²) in [6.45, 7) is 0. The van der Waals surface area contributed by atoms with Crippen LogP contribution in [0.15, 0.2) is 231 Å². The summed E-state index contributed by atoms with van der Waals surface area (Å²) >= 11 is 0. The molecule has 1 aliphatic heterocycles. The fourth-order valence-corrected chi connectivity index (χ4v) is 11.5. The van der Waals surface area contributed by atoms with Crippen molar-refractivity contribution >= 4 is 60.5 Å². The SMILES string of the molecule is C1=CC2c3c(-n4c5ccccc5c5cc6ccccc6cc54)ccc(-c4nc(-c5cccc(-c6ccccc6)c5)nc(-c5cccc6c7ccccc7n(-c7ccccc7)c56)n4)c3OC2c2ccccc21. The molecule has 0 N–H and O–H groups in total. The third kappa shape index (κ3) is 6.11. The van der Waals surface area contributed by atoms with E-state index in [1.807, 2.05) is 6.07 Å². The van der Waals surface area contributed by atoms with Crippen molar-refractivity contribution < 1.29 is 4.74 Å². The van der Waals surface area contributed by atoms with Crippen LogP contribution in [0.25, 0.3) is 117 Å². The molecule has 1 aliphatic carbocycles. The Bertz CT molecular complexity index is 4340. The first-order valence-corrected chi connectivity index (χ1v) is 24.3. The second-order valence-corrected chi connectivity index (χ2v) is 18.6. The molecule has 0 saturated carbocycles. The van der Waals surface area contributed by atoms with Crippen LogP contribution in [-0.2, 0) is 0 Å². The predicted molar refractivity (Wildman–Crippen MR) is 289 cm³/mol. The van der Waals surface area contributed by atoms with Gasteiger partial charge in [0.05, 0.1) is 33.3 Å². The molecule has 10 aromatic carbocycles. The molecule has 0 amide bonds. The Morgan fingerprint density at radius 2 is 1.03 bits per heavy atom. The van der Waals surface area contributed by atoms with Crippen molar-refractivity contribution in [3.05, 3.63) is 247 Å². The molecular weight excluding hydrogens is 867 g/mol. The van der Waals surface area contributed by atoms with Gasteiger partial charge in [0.15, 0.2) is 17.5 Å². The summed E-state index contributed by atoms with van der Waals surface area (Å²) in [5.41, 5.74) is 14.8. The van der Waals surface area contributed by atoms with Crippen LogP contribution in [0.4, 0.5) is 0 Å². The molecule has 2 unspecified atom stereocenters. The summed E-state index contributed by atoms with van der Waals surface area (Å²) in [6.07, 6.45) is 4.34. The highest BCUT2D eigenvalue weighted by Crippen LogP contribution is 2.56. The number of hydrogen-bond acceptors (Lipinski definition) is 4. The minimum absolute atomic E-state index is 0.0785. The van der Waals surface area contributed by atoms with E-state index in [1.165, 1.54) is 21.5 Å². The van der Waals surface area contributed by atoms with Crippen molar-refractivity contribution in [3.8, 4) is 62.4 Å². The van der Waals surface area contributed by atoms with Crippen LogP contribution < -0.4 is 4.74 Å². The monoisotopic (exact) mass is 907 g/mol. The normalized spacial score (nSPS) is 14.8. The molecule has 4 heterocycles.